The van der Waals surface area contributed by atoms with Crippen LogP contribution in [-0.4, -0.2) is 29.7 Å². The average molecular weight is 642 g/mol. The van der Waals surface area contributed by atoms with E-state index >= 15 is 0 Å². The van der Waals surface area contributed by atoms with Crippen LogP contribution in [0.1, 0.15) is 41.8 Å². The summed E-state index contributed by atoms with van der Waals surface area (Å²) in [5.74, 6) is -1.32. The summed E-state index contributed by atoms with van der Waals surface area (Å²) in [7, 11) is 0. The monoisotopic (exact) mass is 642 g/mol. The lowest BCUT2D eigenvalue weighted by Crippen LogP contribution is -2.21. The van der Waals surface area contributed by atoms with Crippen molar-refractivity contribution >= 4 is 40.2 Å². The van der Waals surface area contributed by atoms with Crippen molar-refractivity contribution in [3.8, 4) is 5.75 Å². The van der Waals surface area contributed by atoms with Crippen LogP contribution >= 0.6 is 22.6 Å². The van der Waals surface area contributed by atoms with Gasteiger partial charge in [0.15, 0.2) is 0 Å². The molecular formula is C28H30F3IN2O4. The predicted octanol–water partition coefficient (Wildman–Crippen LogP) is 6.89. The molecule has 3 rings (SSSR count). The first-order valence-electron chi connectivity index (χ1n) is 11.8. The van der Waals surface area contributed by atoms with Crippen LogP contribution in [-0.2, 0) is 17.9 Å². The van der Waals surface area contributed by atoms with Gasteiger partial charge in [-0.1, -0.05) is 50.2 Å². The van der Waals surface area contributed by atoms with Gasteiger partial charge < -0.3 is 20.5 Å². The normalized spacial score (nSPS) is 10.9. The minimum Gasteiger partial charge on any atom is -0.488 e. The van der Waals surface area contributed by atoms with Crippen molar-refractivity contribution in [2.45, 2.75) is 39.6 Å². The number of benzene rings is 3. The van der Waals surface area contributed by atoms with Crippen molar-refractivity contribution in [1.82, 2.24) is 5.32 Å². The fourth-order valence-electron chi connectivity index (χ4n) is 3.08. The Balaban J connectivity index is 0.000000638. The quantitative estimate of drug-likeness (QED) is 0.166. The number of carboxylic acids is 1. The zero-order chi connectivity index (χ0) is 28.1. The molecule has 3 aromatic carbocycles. The van der Waals surface area contributed by atoms with Crippen LogP contribution in [0.3, 0.4) is 0 Å². The van der Waals surface area contributed by atoms with E-state index in [1.807, 2.05) is 60.7 Å². The summed E-state index contributed by atoms with van der Waals surface area (Å²) < 4.78 is 38.8. The number of nitrogens with one attached hydrogen (secondary N) is 2. The van der Waals surface area contributed by atoms with Gasteiger partial charge in [0, 0.05) is 17.8 Å². The zero-order valence-corrected chi connectivity index (χ0v) is 23.2. The van der Waals surface area contributed by atoms with Crippen LogP contribution in [0.2, 0.25) is 0 Å². The van der Waals surface area contributed by atoms with Crippen LogP contribution in [0, 0.1) is 9.49 Å². The molecule has 1 amide bonds. The van der Waals surface area contributed by atoms with Crippen LogP contribution in [0.25, 0.3) is 0 Å². The summed E-state index contributed by atoms with van der Waals surface area (Å²) in [6, 6.07) is 23.3. The van der Waals surface area contributed by atoms with Crippen LogP contribution in [0.15, 0.2) is 72.8 Å². The summed E-state index contributed by atoms with van der Waals surface area (Å²) >= 11 is 2.31. The molecule has 3 aromatic rings. The highest BCUT2D eigenvalue weighted by molar-refractivity contribution is 14.1. The first-order valence-corrected chi connectivity index (χ1v) is 12.9. The molecule has 0 unspecified atom stereocenters. The second-order valence-electron chi connectivity index (χ2n) is 8.74. The number of carboxylic acid groups (broad SMARTS) is 1. The first kappa shape index (κ1) is 31.1. The Morgan fingerprint density at radius 1 is 0.974 bits per heavy atom. The Morgan fingerprint density at radius 2 is 1.66 bits per heavy atom. The maximum atomic E-state index is 12.5. The molecule has 0 aromatic heterocycles. The SMILES string of the molecule is CC(C)CCNCc1ccc(OCc2cccc(C(=O)Nc3ccccc3)c2)c(I)c1.O=C(O)C(F)(F)F. The maximum absolute atomic E-state index is 12.5. The van der Waals surface area contributed by atoms with E-state index in [9.17, 15) is 18.0 Å². The fourth-order valence-corrected chi connectivity index (χ4v) is 3.82. The third-order valence-electron chi connectivity index (χ3n) is 5.08. The molecule has 0 atom stereocenters. The van der Waals surface area contributed by atoms with Crippen LogP contribution in [0.4, 0.5) is 18.9 Å². The average Bonchev–Trinajstić information content (AvgIpc) is 2.86. The molecule has 0 aliphatic carbocycles. The van der Waals surface area contributed by atoms with Gasteiger partial charge in [0.25, 0.3) is 5.91 Å². The van der Waals surface area contributed by atoms with E-state index in [4.69, 9.17) is 14.6 Å². The number of anilines is 1. The molecule has 6 nitrogen and oxygen atoms in total. The van der Waals surface area contributed by atoms with Gasteiger partial charge in [-0.05, 0) is 89.0 Å². The molecule has 0 radical (unpaired) electrons. The number of rotatable bonds is 10. The molecule has 0 aliphatic heterocycles. The molecule has 10 heteroatoms. The molecule has 0 saturated carbocycles. The Kier molecular flexibility index (Phi) is 12.5. The minimum atomic E-state index is -5.08. The topological polar surface area (TPSA) is 87.7 Å². The second kappa shape index (κ2) is 15.3. The summed E-state index contributed by atoms with van der Waals surface area (Å²) in [5.41, 5.74) is 3.60. The van der Waals surface area contributed by atoms with Crippen molar-refractivity contribution in [2.75, 3.05) is 11.9 Å². The largest absolute Gasteiger partial charge is 0.490 e. The summed E-state index contributed by atoms with van der Waals surface area (Å²) in [4.78, 5) is 21.4. The standard InChI is InChI=1S/C26H29IN2O2.C2HF3O2/c1-19(2)13-14-28-17-20-11-12-25(24(27)16-20)31-18-21-7-6-8-22(15-21)26(30)29-23-9-4-3-5-10-23;3-2(4,5)1(6)7/h3-12,15-16,19,28H,13-14,17-18H2,1-2H3,(H,29,30);(H,6,7). The molecule has 0 spiro atoms. The Hall–Kier alpha value is -3.12. The van der Waals surface area contributed by atoms with Crippen molar-refractivity contribution in [3.63, 3.8) is 0 Å². The number of ether oxygens (including phenoxy) is 1. The molecule has 0 heterocycles. The molecule has 0 bridgehead atoms. The molecule has 0 saturated heterocycles. The molecule has 204 valence electrons. The van der Waals surface area contributed by atoms with Crippen LogP contribution in [0.5, 0.6) is 5.75 Å². The number of alkyl halides is 3. The summed E-state index contributed by atoms with van der Waals surface area (Å²) in [6.45, 7) is 6.78. The van der Waals surface area contributed by atoms with Gasteiger partial charge in [-0.2, -0.15) is 13.2 Å². The third-order valence-corrected chi connectivity index (χ3v) is 5.92. The van der Waals surface area contributed by atoms with Gasteiger partial charge in [0.05, 0.1) is 3.57 Å². The van der Waals surface area contributed by atoms with Gasteiger partial charge in [-0.3, -0.25) is 4.79 Å². The highest BCUT2D eigenvalue weighted by Crippen LogP contribution is 2.23. The molecule has 0 fully saturated rings. The zero-order valence-electron chi connectivity index (χ0n) is 21.0. The second-order valence-corrected chi connectivity index (χ2v) is 9.90. The Labute approximate surface area is 233 Å². The van der Waals surface area contributed by atoms with E-state index in [1.54, 1.807) is 0 Å². The highest BCUT2D eigenvalue weighted by atomic mass is 127. The third kappa shape index (κ3) is 11.5. The molecule has 0 aliphatic rings. The van der Waals surface area contributed by atoms with E-state index in [1.165, 1.54) is 12.0 Å². The highest BCUT2D eigenvalue weighted by Gasteiger charge is 2.38. The van der Waals surface area contributed by atoms with Gasteiger partial charge in [-0.25, -0.2) is 4.79 Å². The van der Waals surface area contributed by atoms with E-state index in [-0.39, 0.29) is 5.91 Å². The van der Waals surface area contributed by atoms with Crippen molar-refractivity contribution in [3.05, 3.63) is 93.1 Å². The first-order chi connectivity index (χ1) is 18.0. The van der Waals surface area contributed by atoms with E-state index in [0.717, 1.165) is 33.7 Å². The smallest absolute Gasteiger partial charge is 0.488 e. The number of carbonyl (C=O) groups is 2. The number of para-hydroxylation sites is 1. The number of hydrogen-bond donors (Lipinski definition) is 3. The van der Waals surface area contributed by atoms with E-state index < -0.39 is 12.1 Å². The Bertz CT molecular complexity index is 1190. The van der Waals surface area contributed by atoms with Crippen molar-refractivity contribution in [2.24, 2.45) is 5.92 Å². The van der Waals surface area contributed by atoms with Crippen molar-refractivity contribution in [1.29, 1.82) is 0 Å². The number of halogens is 4. The van der Waals surface area contributed by atoms with E-state index in [0.29, 0.717) is 18.1 Å². The lowest BCUT2D eigenvalue weighted by Gasteiger charge is -2.12. The lowest BCUT2D eigenvalue weighted by atomic mass is 10.1. The van der Waals surface area contributed by atoms with E-state index in [2.05, 4.69) is 59.2 Å². The number of amides is 1. The fraction of sp³-hybridized carbons (Fsp3) is 0.286. The van der Waals surface area contributed by atoms with Gasteiger partial charge in [0.1, 0.15) is 12.4 Å². The predicted molar refractivity (Wildman–Crippen MR) is 149 cm³/mol. The molecular weight excluding hydrogens is 612 g/mol. The Morgan fingerprint density at radius 3 is 2.26 bits per heavy atom. The summed E-state index contributed by atoms with van der Waals surface area (Å²) in [6.07, 6.45) is -3.90. The molecule has 38 heavy (non-hydrogen) atoms. The van der Waals surface area contributed by atoms with Gasteiger partial charge >= 0.3 is 12.1 Å². The molecule has 3 N–H and O–H groups in total. The van der Waals surface area contributed by atoms with Gasteiger partial charge in [-0.15, -0.1) is 0 Å². The van der Waals surface area contributed by atoms with Gasteiger partial charge in [0.2, 0.25) is 0 Å². The van der Waals surface area contributed by atoms with Crippen molar-refractivity contribution < 1.29 is 32.6 Å². The number of carbonyl (C=O) groups excluding carboxylic acids is 1. The maximum Gasteiger partial charge on any atom is 0.490 e. The summed E-state index contributed by atoms with van der Waals surface area (Å²) in [5, 5.41) is 13.5. The lowest BCUT2D eigenvalue weighted by molar-refractivity contribution is -0.192. The minimum absolute atomic E-state index is 0.128. The number of hydrogen-bond acceptors (Lipinski definition) is 4. The van der Waals surface area contributed by atoms with Crippen LogP contribution < -0.4 is 15.4 Å². The number of aliphatic carboxylic acids is 1.